The van der Waals surface area contributed by atoms with Crippen molar-refractivity contribution in [2.24, 2.45) is 0 Å². The van der Waals surface area contributed by atoms with Crippen LogP contribution in [-0.4, -0.2) is 27.8 Å². The first kappa shape index (κ1) is 16.3. The molecule has 120 valence electrons. The molecule has 2 rings (SSSR count). The van der Waals surface area contributed by atoms with Gasteiger partial charge in [0.05, 0.1) is 23.1 Å². The molecule has 0 spiro atoms. The van der Waals surface area contributed by atoms with Gasteiger partial charge in [0.15, 0.2) is 0 Å². The van der Waals surface area contributed by atoms with Crippen LogP contribution in [0.2, 0.25) is 0 Å². The molecular formula is C16H24N4O2. The molecule has 0 radical (unpaired) electrons. The molecule has 6 nitrogen and oxygen atoms in total. The molecule has 22 heavy (non-hydrogen) atoms. The van der Waals surface area contributed by atoms with E-state index in [4.69, 9.17) is 4.52 Å². The fourth-order valence-electron chi connectivity index (χ4n) is 2.67. The molecule has 0 aliphatic carbocycles. The fraction of sp³-hybridized carbons (Fsp3) is 0.562. The maximum Gasteiger partial charge on any atom is 0.254 e. The number of aryl methyl sites for hydroxylation is 2. The Bertz CT molecular complexity index is 644. The van der Waals surface area contributed by atoms with Crippen molar-refractivity contribution >= 4 is 5.91 Å². The number of hydrogen-bond donors (Lipinski definition) is 2. The lowest BCUT2D eigenvalue weighted by atomic mass is 9.89. The van der Waals surface area contributed by atoms with E-state index >= 15 is 0 Å². The van der Waals surface area contributed by atoms with Gasteiger partial charge < -0.3 is 9.84 Å². The number of H-pyrrole nitrogens is 1. The number of nitrogens with zero attached hydrogens (tertiary/aromatic N) is 2. The standard InChI is InChI=1S/C16H24N4O2/c1-9(13-10(2)20-22-11(13)3)7-17-15(21)12-8-18-19-14(12)16(4,5)6/h8-9H,7H2,1-6H3,(H,17,21)(H,18,19)/t9-/m0/s1. The predicted molar refractivity (Wildman–Crippen MR) is 84.0 cm³/mol. The fourth-order valence-corrected chi connectivity index (χ4v) is 2.67. The van der Waals surface area contributed by atoms with Crippen LogP contribution in [0.5, 0.6) is 0 Å². The molecule has 0 saturated heterocycles. The van der Waals surface area contributed by atoms with Crippen LogP contribution in [0, 0.1) is 13.8 Å². The number of aromatic amines is 1. The van der Waals surface area contributed by atoms with Gasteiger partial charge in [0.2, 0.25) is 0 Å². The van der Waals surface area contributed by atoms with Gasteiger partial charge in [-0.1, -0.05) is 32.9 Å². The Morgan fingerprint density at radius 3 is 2.64 bits per heavy atom. The largest absolute Gasteiger partial charge is 0.361 e. The summed E-state index contributed by atoms with van der Waals surface area (Å²) in [6.07, 6.45) is 1.58. The smallest absolute Gasteiger partial charge is 0.254 e. The summed E-state index contributed by atoms with van der Waals surface area (Å²) >= 11 is 0. The van der Waals surface area contributed by atoms with Gasteiger partial charge >= 0.3 is 0 Å². The van der Waals surface area contributed by atoms with E-state index < -0.39 is 0 Å². The summed E-state index contributed by atoms with van der Waals surface area (Å²) in [5.41, 5.74) is 3.21. The third-order valence-corrected chi connectivity index (χ3v) is 3.78. The number of carbonyl (C=O) groups is 1. The lowest BCUT2D eigenvalue weighted by molar-refractivity contribution is 0.0949. The Morgan fingerprint density at radius 2 is 2.09 bits per heavy atom. The molecule has 2 aromatic heterocycles. The second-order valence-corrected chi connectivity index (χ2v) is 6.76. The van der Waals surface area contributed by atoms with Crippen molar-refractivity contribution < 1.29 is 9.32 Å². The summed E-state index contributed by atoms with van der Waals surface area (Å²) in [6.45, 7) is 12.5. The summed E-state index contributed by atoms with van der Waals surface area (Å²) in [5.74, 6) is 0.829. The van der Waals surface area contributed by atoms with Gasteiger partial charge in [0.25, 0.3) is 5.91 Å². The second-order valence-electron chi connectivity index (χ2n) is 6.76. The number of rotatable bonds is 4. The molecule has 0 bridgehead atoms. The Morgan fingerprint density at radius 1 is 1.41 bits per heavy atom. The molecule has 1 amide bonds. The summed E-state index contributed by atoms with van der Waals surface area (Å²) in [5, 5.41) is 13.9. The van der Waals surface area contributed by atoms with Gasteiger partial charge in [-0.05, 0) is 13.8 Å². The van der Waals surface area contributed by atoms with E-state index in [9.17, 15) is 4.79 Å². The monoisotopic (exact) mass is 304 g/mol. The number of aromatic nitrogens is 3. The summed E-state index contributed by atoms with van der Waals surface area (Å²) in [6, 6.07) is 0. The molecule has 6 heteroatoms. The average Bonchev–Trinajstić information content (AvgIpc) is 3.02. The number of carbonyl (C=O) groups excluding carboxylic acids is 1. The molecule has 0 saturated carbocycles. The Balaban J connectivity index is 2.07. The molecule has 0 unspecified atom stereocenters. The van der Waals surface area contributed by atoms with E-state index in [0.29, 0.717) is 12.1 Å². The van der Waals surface area contributed by atoms with E-state index in [0.717, 1.165) is 22.7 Å². The van der Waals surface area contributed by atoms with E-state index in [-0.39, 0.29) is 17.2 Å². The van der Waals surface area contributed by atoms with Crippen molar-refractivity contribution in [3.63, 3.8) is 0 Å². The lowest BCUT2D eigenvalue weighted by Crippen LogP contribution is -2.29. The van der Waals surface area contributed by atoms with Gasteiger partial charge in [0, 0.05) is 23.4 Å². The molecule has 0 aliphatic heterocycles. The quantitative estimate of drug-likeness (QED) is 0.909. The zero-order valence-electron chi connectivity index (χ0n) is 14.1. The van der Waals surface area contributed by atoms with E-state index in [1.54, 1.807) is 6.20 Å². The minimum Gasteiger partial charge on any atom is -0.361 e. The first-order valence-corrected chi connectivity index (χ1v) is 7.46. The van der Waals surface area contributed by atoms with Gasteiger partial charge in [-0.2, -0.15) is 5.10 Å². The number of amides is 1. The third kappa shape index (κ3) is 3.21. The van der Waals surface area contributed by atoms with E-state index in [1.165, 1.54) is 0 Å². The van der Waals surface area contributed by atoms with E-state index in [1.807, 2.05) is 41.5 Å². The van der Waals surface area contributed by atoms with Gasteiger partial charge in [-0.3, -0.25) is 9.89 Å². The van der Waals surface area contributed by atoms with Crippen molar-refractivity contribution in [2.45, 2.75) is 52.9 Å². The van der Waals surface area contributed by atoms with Crippen LogP contribution >= 0.6 is 0 Å². The minimum atomic E-state index is -0.156. The highest BCUT2D eigenvalue weighted by molar-refractivity contribution is 5.95. The van der Waals surface area contributed by atoms with Crippen molar-refractivity contribution in [3.05, 3.63) is 34.5 Å². The first-order valence-electron chi connectivity index (χ1n) is 7.46. The maximum absolute atomic E-state index is 12.4. The molecular weight excluding hydrogens is 280 g/mol. The van der Waals surface area contributed by atoms with E-state index in [2.05, 4.69) is 20.7 Å². The highest BCUT2D eigenvalue weighted by atomic mass is 16.5. The van der Waals surface area contributed by atoms with Gasteiger partial charge in [0.1, 0.15) is 5.76 Å². The predicted octanol–water partition coefficient (Wildman–Crippen LogP) is 2.85. The third-order valence-electron chi connectivity index (χ3n) is 3.78. The van der Waals surface area contributed by atoms with Crippen LogP contribution in [-0.2, 0) is 5.41 Å². The molecule has 2 N–H and O–H groups in total. The normalized spacial score (nSPS) is 13.2. The van der Waals surface area contributed by atoms with Crippen molar-refractivity contribution in [1.82, 2.24) is 20.7 Å². The maximum atomic E-state index is 12.4. The van der Waals surface area contributed by atoms with Gasteiger partial charge in [-0.15, -0.1) is 0 Å². The van der Waals surface area contributed by atoms with Crippen LogP contribution in [0.1, 0.15) is 66.7 Å². The number of hydrogen-bond acceptors (Lipinski definition) is 4. The van der Waals surface area contributed by atoms with Crippen molar-refractivity contribution in [3.8, 4) is 0 Å². The van der Waals surface area contributed by atoms with Crippen molar-refractivity contribution in [2.75, 3.05) is 6.54 Å². The molecule has 0 aliphatic rings. The summed E-state index contributed by atoms with van der Waals surface area (Å²) in [4.78, 5) is 12.4. The molecule has 2 aromatic rings. The van der Waals surface area contributed by atoms with Gasteiger partial charge in [-0.25, -0.2) is 0 Å². The Labute approximate surface area is 130 Å². The molecule has 0 fully saturated rings. The highest BCUT2D eigenvalue weighted by Gasteiger charge is 2.24. The lowest BCUT2D eigenvalue weighted by Gasteiger charge is -2.18. The Hall–Kier alpha value is -2.11. The highest BCUT2D eigenvalue weighted by Crippen LogP contribution is 2.24. The summed E-state index contributed by atoms with van der Waals surface area (Å²) in [7, 11) is 0. The summed E-state index contributed by atoms with van der Waals surface area (Å²) < 4.78 is 5.18. The zero-order valence-corrected chi connectivity index (χ0v) is 14.1. The van der Waals surface area contributed by atoms with Crippen molar-refractivity contribution in [1.29, 1.82) is 0 Å². The van der Waals surface area contributed by atoms with Crippen LogP contribution in [0.4, 0.5) is 0 Å². The average molecular weight is 304 g/mol. The van der Waals surface area contributed by atoms with Crippen LogP contribution in [0.15, 0.2) is 10.7 Å². The SMILES string of the molecule is Cc1noc(C)c1[C@@H](C)CNC(=O)c1cn[nH]c1C(C)(C)C. The molecule has 0 aromatic carbocycles. The number of nitrogens with one attached hydrogen (secondary N) is 2. The zero-order chi connectivity index (χ0) is 16.5. The van der Waals surface area contributed by atoms with Crippen LogP contribution in [0.25, 0.3) is 0 Å². The molecule has 1 atom stereocenters. The first-order chi connectivity index (χ1) is 10.2. The Kier molecular flexibility index (Phi) is 4.39. The van der Waals surface area contributed by atoms with Crippen LogP contribution in [0.3, 0.4) is 0 Å². The minimum absolute atomic E-state index is 0.114. The van der Waals surface area contributed by atoms with Crippen LogP contribution < -0.4 is 5.32 Å². The topological polar surface area (TPSA) is 83.8 Å². The second kappa shape index (κ2) is 5.94. The molecule has 2 heterocycles.